The first-order chi connectivity index (χ1) is 7.48. The Labute approximate surface area is 108 Å². The smallest absolute Gasteiger partial charge is 0.0502 e. The van der Waals surface area contributed by atoms with Gasteiger partial charge >= 0.3 is 0 Å². The van der Waals surface area contributed by atoms with Crippen LogP contribution in [-0.4, -0.2) is 13.2 Å². The van der Waals surface area contributed by atoms with Crippen molar-refractivity contribution in [2.75, 3.05) is 13.2 Å². The standard InChI is InChI=1S/C16H32O/c1-14(2,3)13-11-17-10-9-12(13)16(7,8)15(4,5)6/h12-13H,9-11H2,1-8H3. The zero-order chi connectivity index (χ0) is 13.5. The number of hydrogen-bond acceptors (Lipinski definition) is 1. The van der Waals surface area contributed by atoms with E-state index in [1.165, 1.54) is 6.42 Å². The maximum Gasteiger partial charge on any atom is 0.0502 e. The van der Waals surface area contributed by atoms with Gasteiger partial charge < -0.3 is 4.74 Å². The average Bonchev–Trinajstić information content (AvgIpc) is 2.14. The normalized spacial score (nSPS) is 28.2. The van der Waals surface area contributed by atoms with Gasteiger partial charge in [0, 0.05) is 6.61 Å². The van der Waals surface area contributed by atoms with E-state index < -0.39 is 0 Å². The second kappa shape index (κ2) is 4.57. The predicted molar refractivity (Wildman–Crippen MR) is 75.1 cm³/mol. The van der Waals surface area contributed by atoms with Gasteiger partial charge in [-0.1, -0.05) is 55.4 Å². The van der Waals surface area contributed by atoms with Gasteiger partial charge in [-0.3, -0.25) is 0 Å². The van der Waals surface area contributed by atoms with Crippen LogP contribution in [0.15, 0.2) is 0 Å². The van der Waals surface area contributed by atoms with Crippen LogP contribution in [0.2, 0.25) is 0 Å². The number of hydrogen-bond donors (Lipinski definition) is 0. The Hall–Kier alpha value is -0.0400. The topological polar surface area (TPSA) is 9.23 Å². The van der Waals surface area contributed by atoms with Gasteiger partial charge in [-0.05, 0) is 34.5 Å². The van der Waals surface area contributed by atoms with Crippen LogP contribution in [0.4, 0.5) is 0 Å². The fraction of sp³-hybridized carbons (Fsp3) is 1.00. The van der Waals surface area contributed by atoms with Crippen molar-refractivity contribution in [1.82, 2.24) is 0 Å². The average molecular weight is 240 g/mol. The molecule has 0 aromatic carbocycles. The van der Waals surface area contributed by atoms with Gasteiger partial charge in [0.1, 0.15) is 0 Å². The summed E-state index contributed by atoms with van der Waals surface area (Å²) in [6, 6.07) is 0. The highest BCUT2D eigenvalue weighted by Gasteiger charge is 2.47. The van der Waals surface area contributed by atoms with Gasteiger partial charge in [0.15, 0.2) is 0 Å². The minimum absolute atomic E-state index is 0.341. The Morgan fingerprint density at radius 1 is 0.824 bits per heavy atom. The van der Waals surface area contributed by atoms with Crippen LogP contribution in [0.25, 0.3) is 0 Å². The molecule has 1 heteroatoms. The largest absolute Gasteiger partial charge is 0.381 e. The molecule has 1 saturated heterocycles. The molecule has 0 N–H and O–H groups in total. The van der Waals surface area contributed by atoms with E-state index in [-0.39, 0.29) is 0 Å². The first-order valence-electron chi connectivity index (χ1n) is 7.05. The second-order valence-electron chi connectivity index (χ2n) is 8.41. The molecule has 1 aliphatic heterocycles. The third-order valence-electron chi connectivity index (χ3n) is 5.33. The molecule has 17 heavy (non-hydrogen) atoms. The van der Waals surface area contributed by atoms with Crippen molar-refractivity contribution < 1.29 is 4.74 Å². The SMILES string of the molecule is CC(C)(C)C1COCCC1C(C)(C)C(C)(C)C. The van der Waals surface area contributed by atoms with Crippen molar-refractivity contribution in [3.05, 3.63) is 0 Å². The lowest BCUT2D eigenvalue weighted by Crippen LogP contribution is -2.48. The second-order valence-corrected chi connectivity index (χ2v) is 8.41. The quantitative estimate of drug-likeness (QED) is 0.642. The molecule has 0 aromatic rings. The van der Waals surface area contributed by atoms with Gasteiger partial charge in [0.25, 0.3) is 0 Å². The molecule has 1 fully saturated rings. The molecule has 0 saturated carbocycles. The summed E-state index contributed by atoms with van der Waals surface area (Å²) in [5, 5.41) is 0. The van der Waals surface area contributed by atoms with Crippen molar-refractivity contribution in [2.45, 2.75) is 61.8 Å². The third kappa shape index (κ3) is 3.05. The molecule has 2 unspecified atom stereocenters. The molecule has 0 aromatic heterocycles. The van der Waals surface area contributed by atoms with Crippen LogP contribution in [-0.2, 0) is 4.74 Å². The van der Waals surface area contributed by atoms with E-state index >= 15 is 0 Å². The summed E-state index contributed by atoms with van der Waals surface area (Å²) < 4.78 is 5.75. The zero-order valence-electron chi connectivity index (χ0n) is 13.2. The molecule has 1 heterocycles. The Morgan fingerprint density at radius 3 is 1.76 bits per heavy atom. The lowest BCUT2D eigenvalue weighted by molar-refractivity contribution is -0.100. The van der Waals surface area contributed by atoms with Crippen molar-refractivity contribution in [2.24, 2.45) is 28.1 Å². The van der Waals surface area contributed by atoms with Crippen molar-refractivity contribution in [3.63, 3.8) is 0 Å². The maximum atomic E-state index is 5.75. The lowest BCUT2D eigenvalue weighted by Gasteiger charge is -2.53. The summed E-state index contributed by atoms with van der Waals surface area (Å²) >= 11 is 0. The Morgan fingerprint density at radius 2 is 1.35 bits per heavy atom. The summed E-state index contributed by atoms with van der Waals surface area (Å²) in [7, 11) is 0. The molecule has 0 spiro atoms. The molecule has 1 nitrogen and oxygen atoms in total. The summed E-state index contributed by atoms with van der Waals surface area (Å²) in [6.45, 7) is 21.0. The van der Waals surface area contributed by atoms with Crippen molar-refractivity contribution in [1.29, 1.82) is 0 Å². The Kier molecular flexibility index (Phi) is 4.04. The number of rotatable bonds is 1. The number of ether oxygens (including phenoxy) is 1. The van der Waals surface area contributed by atoms with E-state index in [1.54, 1.807) is 0 Å². The van der Waals surface area contributed by atoms with Crippen LogP contribution in [0.1, 0.15) is 61.8 Å². The van der Waals surface area contributed by atoms with Gasteiger partial charge in [-0.2, -0.15) is 0 Å². The molecule has 0 aliphatic carbocycles. The summed E-state index contributed by atoms with van der Waals surface area (Å²) in [6.07, 6.45) is 1.21. The Bertz CT molecular complexity index is 252. The first kappa shape index (κ1) is 15.0. The third-order valence-corrected chi connectivity index (χ3v) is 5.33. The minimum Gasteiger partial charge on any atom is -0.381 e. The van der Waals surface area contributed by atoms with Gasteiger partial charge in [-0.25, -0.2) is 0 Å². The van der Waals surface area contributed by atoms with Gasteiger partial charge in [-0.15, -0.1) is 0 Å². The molecule has 0 amide bonds. The highest BCUT2D eigenvalue weighted by atomic mass is 16.5. The maximum absolute atomic E-state index is 5.75. The molecule has 102 valence electrons. The van der Waals surface area contributed by atoms with E-state index in [0.717, 1.165) is 19.1 Å². The van der Waals surface area contributed by atoms with E-state index in [9.17, 15) is 0 Å². The highest BCUT2D eigenvalue weighted by Crippen LogP contribution is 2.52. The minimum atomic E-state index is 0.341. The fourth-order valence-electron chi connectivity index (χ4n) is 3.01. The molecule has 1 rings (SSSR count). The van der Waals surface area contributed by atoms with Crippen molar-refractivity contribution >= 4 is 0 Å². The predicted octanol–water partition coefficient (Wildman–Crippen LogP) is 4.76. The van der Waals surface area contributed by atoms with Gasteiger partial charge in [0.05, 0.1) is 6.61 Å². The van der Waals surface area contributed by atoms with Crippen molar-refractivity contribution in [3.8, 4) is 0 Å². The lowest BCUT2D eigenvalue weighted by atomic mass is 9.54. The Balaban J connectivity index is 3.00. The summed E-state index contributed by atoms with van der Waals surface area (Å²) in [5.41, 5.74) is 1.04. The van der Waals surface area contributed by atoms with Crippen LogP contribution >= 0.6 is 0 Å². The first-order valence-corrected chi connectivity index (χ1v) is 7.05. The molecular weight excluding hydrogens is 208 g/mol. The van der Waals surface area contributed by atoms with Crippen LogP contribution in [0, 0.1) is 28.1 Å². The van der Waals surface area contributed by atoms with Crippen LogP contribution in [0.3, 0.4) is 0 Å². The van der Waals surface area contributed by atoms with E-state index in [2.05, 4.69) is 55.4 Å². The monoisotopic (exact) mass is 240 g/mol. The van der Waals surface area contributed by atoms with E-state index in [4.69, 9.17) is 4.74 Å². The fourth-order valence-corrected chi connectivity index (χ4v) is 3.01. The van der Waals surface area contributed by atoms with Crippen LogP contribution < -0.4 is 0 Å². The van der Waals surface area contributed by atoms with Gasteiger partial charge in [0.2, 0.25) is 0 Å². The molecule has 2 atom stereocenters. The zero-order valence-corrected chi connectivity index (χ0v) is 13.2. The van der Waals surface area contributed by atoms with Crippen LogP contribution in [0.5, 0.6) is 0 Å². The van der Waals surface area contributed by atoms with E-state index in [0.29, 0.717) is 22.2 Å². The highest BCUT2D eigenvalue weighted by molar-refractivity contribution is 4.95. The molecule has 1 aliphatic rings. The summed E-state index contributed by atoms with van der Waals surface area (Å²) in [5.74, 6) is 1.43. The molecule has 0 bridgehead atoms. The molecule has 0 radical (unpaired) electrons. The summed E-state index contributed by atoms with van der Waals surface area (Å²) in [4.78, 5) is 0. The molecular formula is C16H32O. The van der Waals surface area contributed by atoms with E-state index in [1.807, 2.05) is 0 Å².